The van der Waals surface area contributed by atoms with Crippen LogP contribution in [-0.2, 0) is 42.9 Å². The number of carboxylic acid groups (broad SMARTS) is 1. The minimum absolute atomic E-state index is 0.0226. The lowest BCUT2D eigenvalue weighted by Crippen LogP contribution is -2.36. The smallest absolute Gasteiger partial charge is 0.333 e. The quantitative estimate of drug-likeness (QED) is 0.141. The molecule has 11 nitrogen and oxygen atoms in total. The van der Waals surface area contributed by atoms with E-state index in [9.17, 15) is 24.0 Å². The average molecular weight is 457 g/mol. The van der Waals surface area contributed by atoms with Crippen LogP contribution in [0, 0.1) is 0 Å². The summed E-state index contributed by atoms with van der Waals surface area (Å²) in [4.78, 5) is 58.5. The van der Waals surface area contributed by atoms with Gasteiger partial charge in [-0.3, -0.25) is 19.3 Å². The molecule has 0 heterocycles. The van der Waals surface area contributed by atoms with Crippen molar-refractivity contribution in [2.45, 2.75) is 33.3 Å². The molecule has 0 aromatic carbocycles. The van der Waals surface area contributed by atoms with Crippen LogP contribution in [0.25, 0.3) is 0 Å². The molecule has 0 saturated heterocycles. The first-order valence-electron chi connectivity index (χ1n) is 9.78. The van der Waals surface area contributed by atoms with Crippen molar-refractivity contribution in [2.24, 2.45) is 0 Å². The molecule has 0 aromatic heterocycles. The summed E-state index contributed by atoms with van der Waals surface area (Å²) in [5, 5.41) is 8.85. The van der Waals surface area contributed by atoms with Gasteiger partial charge in [-0.25, -0.2) is 9.59 Å². The van der Waals surface area contributed by atoms with Gasteiger partial charge in [0.2, 0.25) is 0 Å². The maximum atomic E-state index is 12.0. The average Bonchev–Trinajstić information content (AvgIpc) is 2.67. The summed E-state index contributed by atoms with van der Waals surface area (Å²) in [5.74, 6) is -3.30. The highest BCUT2D eigenvalue weighted by molar-refractivity contribution is 5.87. The number of aliphatic carboxylic acids is 1. The van der Waals surface area contributed by atoms with Gasteiger partial charge in [0.1, 0.15) is 19.0 Å². The Bertz CT molecular complexity index is 669. The molecule has 0 aliphatic heterocycles. The van der Waals surface area contributed by atoms with Crippen LogP contribution in [-0.4, -0.2) is 91.8 Å². The summed E-state index contributed by atoms with van der Waals surface area (Å²) >= 11 is 0. The van der Waals surface area contributed by atoms with Gasteiger partial charge >= 0.3 is 23.9 Å². The van der Waals surface area contributed by atoms with E-state index in [1.54, 1.807) is 0 Å². The summed E-state index contributed by atoms with van der Waals surface area (Å²) in [6.45, 7) is 10.4. The molecule has 0 spiro atoms. The van der Waals surface area contributed by atoms with E-state index in [1.807, 2.05) is 0 Å². The Labute approximate surface area is 186 Å². The molecule has 0 fully saturated rings. The van der Waals surface area contributed by atoms with Crippen LogP contribution in [0.3, 0.4) is 0 Å². The predicted octanol–water partition coefficient (Wildman–Crippen LogP) is 0.519. The molecule has 0 aromatic rings. The Morgan fingerprint density at radius 3 is 1.84 bits per heavy atom. The Balaban J connectivity index is 4.50. The normalized spacial score (nSPS) is 10.5. The molecule has 1 N–H and O–H groups in total. The summed E-state index contributed by atoms with van der Waals surface area (Å²) in [6.07, 6.45) is -1.18. The molecule has 0 aliphatic carbocycles. The van der Waals surface area contributed by atoms with Crippen LogP contribution in [0.5, 0.6) is 0 Å². The van der Waals surface area contributed by atoms with E-state index in [1.165, 1.54) is 25.7 Å². The maximum Gasteiger partial charge on any atom is 0.333 e. The number of esters is 3. The molecule has 11 heteroatoms. The van der Waals surface area contributed by atoms with Crippen molar-refractivity contribution in [1.82, 2.24) is 4.90 Å². The molecular formula is C21H31NO10. The number of ketones is 1. The molecule has 0 radical (unpaired) electrons. The lowest BCUT2D eigenvalue weighted by Gasteiger charge is -2.19. The maximum absolute atomic E-state index is 12.0. The van der Waals surface area contributed by atoms with Gasteiger partial charge < -0.3 is 24.1 Å². The highest BCUT2D eigenvalue weighted by Gasteiger charge is 2.20. The van der Waals surface area contributed by atoms with E-state index in [0.29, 0.717) is 0 Å². The van der Waals surface area contributed by atoms with Crippen molar-refractivity contribution in [1.29, 1.82) is 0 Å². The zero-order valence-corrected chi connectivity index (χ0v) is 18.7. The fourth-order valence-corrected chi connectivity index (χ4v) is 2.12. The fraction of sp³-hybridized carbons (Fsp3) is 0.571. The molecule has 0 saturated carbocycles. The first-order valence-corrected chi connectivity index (χ1v) is 9.78. The molecule has 0 aliphatic rings. The van der Waals surface area contributed by atoms with Crippen LogP contribution < -0.4 is 0 Å². The molecule has 0 amide bonds. The molecular weight excluding hydrogens is 426 g/mol. The highest BCUT2D eigenvalue weighted by atomic mass is 16.6. The Morgan fingerprint density at radius 2 is 1.41 bits per heavy atom. The van der Waals surface area contributed by atoms with Gasteiger partial charge in [0.15, 0.2) is 6.10 Å². The summed E-state index contributed by atoms with van der Waals surface area (Å²) in [6, 6.07) is 0. The standard InChI is InChI=1S/C21H31NO10/c1-14(2)20(27)30-12-17(13-31-21(28)15(3)4)32-19(26)6-8-29-9-7-22(10-16(5)23)11-18(24)25/h17H,1,3,6-13H2,2,4-5H3,(H,24,25). The molecule has 0 bridgehead atoms. The Kier molecular flexibility index (Phi) is 14.2. The first kappa shape index (κ1) is 28.9. The van der Waals surface area contributed by atoms with Gasteiger partial charge in [0, 0.05) is 17.7 Å². The monoisotopic (exact) mass is 457 g/mol. The molecule has 0 atom stereocenters. The second kappa shape index (κ2) is 15.7. The van der Waals surface area contributed by atoms with Crippen LogP contribution in [0.1, 0.15) is 27.2 Å². The second-order valence-electron chi connectivity index (χ2n) is 7.04. The topological polar surface area (TPSA) is 146 Å². The number of nitrogens with zero attached hydrogens (tertiary/aromatic N) is 1. The van der Waals surface area contributed by atoms with E-state index in [2.05, 4.69) is 13.2 Å². The van der Waals surface area contributed by atoms with Crippen LogP contribution in [0.4, 0.5) is 0 Å². The highest BCUT2D eigenvalue weighted by Crippen LogP contribution is 2.04. The number of carboxylic acids is 1. The Hall–Kier alpha value is -3.05. The van der Waals surface area contributed by atoms with Gasteiger partial charge in [-0.1, -0.05) is 13.2 Å². The van der Waals surface area contributed by atoms with E-state index >= 15 is 0 Å². The number of carbonyl (C=O) groups excluding carboxylic acids is 4. The third kappa shape index (κ3) is 14.9. The van der Waals surface area contributed by atoms with Crippen molar-refractivity contribution in [3.05, 3.63) is 24.3 Å². The lowest BCUT2D eigenvalue weighted by atomic mass is 10.3. The predicted molar refractivity (Wildman–Crippen MR) is 112 cm³/mol. The summed E-state index contributed by atoms with van der Waals surface area (Å²) in [5.41, 5.74) is 0.313. The van der Waals surface area contributed by atoms with Gasteiger partial charge in [-0.2, -0.15) is 0 Å². The van der Waals surface area contributed by atoms with E-state index < -0.39 is 30.0 Å². The molecule has 0 unspecified atom stereocenters. The third-order valence-electron chi connectivity index (χ3n) is 3.60. The zero-order valence-electron chi connectivity index (χ0n) is 18.7. The number of hydrogen-bond donors (Lipinski definition) is 1. The number of hydrogen-bond acceptors (Lipinski definition) is 10. The first-order chi connectivity index (χ1) is 14.9. The van der Waals surface area contributed by atoms with Gasteiger partial charge in [0.25, 0.3) is 0 Å². The summed E-state index contributed by atoms with van der Waals surface area (Å²) in [7, 11) is 0. The molecule has 180 valence electrons. The van der Waals surface area contributed by atoms with Crippen LogP contribution in [0.2, 0.25) is 0 Å². The SMILES string of the molecule is C=C(C)C(=O)OCC(COC(=O)C(=C)C)OC(=O)CCOCCN(CC(C)=O)CC(=O)O. The van der Waals surface area contributed by atoms with E-state index in [0.717, 1.165) is 0 Å². The zero-order chi connectivity index (χ0) is 24.7. The largest absolute Gasteiger partial charge is 0.480 e. The van der Waals surface area contributed by atoms with Crippen LogP contribution >= 0.6 is 0 Å². The minimum Gasteiger partial charge on any atom is -0.480 e. The molecule has 0 rings (SSSR count). The van der Waals surface area contributed by atoms with Gasteiger partial charge in [-0.15, -0.1) is 0 Å². The second-order valence-corrected chi connectivity index (χ2v) is 7.04. The van der Waals surface area contributed by atoms with Crippen molar-refractivity contribution in [2.75, 3.05) is 46.1 Å². The van der Waals surface area contributed by atoms with Gasteiger partial charge in [0.05, 0.1) is 32.7 Å². The summed E-state index contributed by atoms with van der Waals surface area (Å²) < 4.78 is 20.4. The number of carbonyl (C=O) groups is 5. The van der Waals surface area contributed by atoms with Crippen LogP contribution in [0.15, 0.2) is 24.3 Å². The number of ether oxygens (including phenoxy) is 4. The Morgan fingerprint density at radius 1 is 0.875 bits per heavy atom. The number of rotatable bonds is 17. The van der Waals surface area contributed by atoms with Crippen molar-refractivity contribution in [3.63, 3.8) is 0 Å². The van der Waals surface area contributed by atoms with Crippen molar-refractivity contribution in [3.8, 4) is 0 Å². The lowest BCUT2D eigenvalue weighted by molar-refractivity contribution is -0.165. The van der Waals surface area contributed by atoms with Crippen molar-refractivity contribution >= 4 is 29.7 Å². The third-order valence-corrected chi connectivity index (χ3v) is 3.60. The molecule has 32 heavy (non-hydrogen) atoms. The van der Waals surface area contributed by atoms with E-state index in [-0.39, 0.29) is 69.4 Å². The fourth-order valence-electron chi connectivity index (χ4n) is 2.12. The van der Waals surface area contributed by atoms with Crippen molar-refractivity contribution < 1.29 is 48.0 Å². The van der Waals surface area contributed by atoms with Gasteiger partial charge in [-0.05, 0) is 20.8 Å². The number of Topliss-reactive ketones (excluding diaryl/α,β-unsaturated/α-hetero) is 1. The minimum atomic E-state index is -1.07. The van der Waals surface area contributed by atoms with E-state index in [4.69, 9.17) is 24.1 Å².